The molecule has 2 aromatic heterocycles. The van der Waals surface area contributed by atoms with Crippen LogP contribution in [0.25, 0.3) is 10.6 Å². The highest BCUT2D eigenvalue weighted by Crippen LogP contribution is 2.32. The number of aromatic nitrogens is 2. The Balaban J connectivity index is 1.48. The predicted molar refractivity (Wildman–Crippen MR) is 105 cm³/mol. The van der Waals surface area contributed by atoms with Gasteiger partial charge < -0.3 is 10.2 Å². The van der Waals surface area contributed by atoms with Crippen molar-refractivity contribution in [3.05, 3.63) is 51.7 Å². The van der Waals surface area contributed by atoms with E-state index in [1.807, 2.05) is 12.1 Å². The molecule has 0 saturated carbocycles. The van der Waals surface area contributed by atoms with Gasteiger partial charge in [0.2, 0.25) is 5.91 Å². The number of nitrogens with one attached hydrogen (secondary N) is 2. The van der Waals surface area contributed by atoms with Crippen LogP contribution in [0.1, 0.15) is 18.4 Å². The van der Waals surface area contributed by atoms with Crippen molar-refractivity contribution >= 4 is 44.5 Å². The molecule has 1 saturated heterocycles. The zero-order chi connectivity index (χ0) is 18.1. The van der Waals surface area contributed by atoms with Gasteiger partial charge in [-0.1, -0.05) is 0 Å². The Bertz CT molecular complexity index is 954. The number of carbonyl (C=O) groups is 1. The number of amides is 1. The van der Waals surface area contributed by atoms with Crippen LogP contribution in [0.4, 0.5) is 15.8 Å². The van der Waals surface area contributed by atoms with Crippen molar-refractivity contribution in [1.29, 1.82) is 0 Å². The summed E-state index contributed by atoms with van der Waals surface area (Å²) in [4.78, 5) is 14.4. The van der Waals surface area contributed by atoms with Gasteiger partial charge in [-0.25, -0.2) is 4.39 Å². The van der Waals surface area contributed by atoms with Crippen LogP contribution >= 0.6 is 27.3 Å². The number of rotatable bonds is 5. The molecular weight excluding hydrogens is 419 g/mol. The summed E-state index contributed by atoms with van der Waals surface area (Å²) in [6.07, 6.45) is 3.03. The van der Waals surface area contributed by atoms with Gasteiger partial charge >= 0.3 is 0 Å². The maximum atomic E-state index is 14.4. The first-order valence-electron chi connectivity index (χ1n) is 8.23. The fraction of sp³-hybridized carbons (Fsp3) is 0.222. The summed E-state index contributed by atoms with van der Waals surface area (Å²) >= 11 is 5.08. The number of hydrogen-bond acceptors (Lipinski definition) is 4. The largest absolute Gasteiger partial charge is 0.381 e. The molecular formula is C18H16BrFN4OS. The Morgan fingerprint density at radius 1 is 1.35 bits per heavy atom. The molecule has 2 N–H and O–H groups in total. The Morgan fingerprint density at radius 3 is 2.92 bits per heavy atom. The summed E-state index contributed by atoms with van der Waals surface area (Å²) in [5.41, 5.74) is 2.97. The molecule has 0 atom stereocenters. The maximum Gasteiger partial charge on any atom is 0.227 e. The van der Waals surface area contributed by atoms with Crippen molar-refractivity contribution in [2.45, 2.75) is 19.4 Å². The summed E-state index contributed by atoms with van der Waals surface area (Å²) < 4.78 is 15.5. The number of hydrogen-bond donors (Lipinski definition) is 2. The lowest BCUT2D eigenvalue weighted by Gasteiger charge is -2.17. The zero-order valence-electron chi connectivity index (χ0n) is 13.8. The molecule has 0 radical (unpaired) electrons. The van der Waals surface area contributed by atoms with Crippen molar-refractivity contribution < 1.29 is 9.18 Å². The quantitative estimate of drug-likeness (QED) is 0.607. The van der Waals surface area contributed by atoms with Gasteiger partial charge in [0.15, 0.2) is 0 Å². The Kier molecular flexibility index (Phi) is 4.78. The van der Waals surface area contributed by atoms with E-state index in [0.717, 1.165) is 26.3 Å². The fourth-order valence-electron chi connectivity index (χ4n) is 3.04. The van der Waals surface area contributed by atoms with Gasteiger partial charge in [-0.05, 0) is 52.7 Å². The highest BCUT2D eigenvalue weighted by atomic mass is 79.9. The third kappa shape index (κ3) is 3.39. The van der Waals surface area contributed by atoms with E-state index in [1.54, 1.807) is 29.7 Å². The van der Waals surface area contributed by atoms with Crippen LogP contribution in [0.3, 0.4) is 0 Å². The SMILES string of the molecule is O=C1CCCN1c1ccc(NCc2cn[nH]c2-c2ccc(Br)s2)cc1F. The number of carbonyl (C=O) groups excluding carboxylic acids is 1. The fourth-order valence-corrected chi connectivity index (χ4v) is 4.46. The van der Waals surface area contributed by atoms with E-state index in [1.165, 1.54) is 11.0 Å². The molecule has 3 heterocycles. The number of benzene rings is 1. The highest BCUT2D eigenvalue weighted by Gasteiger charge is 2.24. The maximum absolute atomic E-state index is 14.4. The molecule has 134 valence electrons. The number of halogens is 2. The summed E-state index contributed by atoms with van der Waals surface area (Å²) in [7, 11) is 0. The highest BCUT2D eigenvalue weighted by molar-refractivity contribution is 9.11. The summed E-state index contributed by atoms with van der Waals surface area (Å²) in [6.45, 7) is 1.10. The topological polar surface area (TPSA) is 61.0 Å². The van der Waals surface area contributed by atoms with Crippen LogP contribution in [0.5, 0.6) is 0 Å². The van der Waals surface area contributed by atoms with Crippen LogP contribution in [-0.4, -0.2) is 22.6 Å². The Labute approximate surface area is 162 Å². The number of aromatic amines is 1. The molecule has 0 bridgehead atoms. The summed E-state index contributed by atoms with van der Waals surface area (Å²) in [5.74, 6) is -0.408. The van der Waals surface area contributed by atoms with Crippen molar-refractivity contribution in [3.63, 3.8) is 0 Å². The number of H-pyrrole nitrogens is 1. The van der Waals surface area contributed by atoms with Gasteiger partial charge in [-0.2, -0.15) is 5.10 Å². The van der Waals surface area contributed by atoms with E-state index in [9.17, 15) is 9.18 Å². The minimum Gasteiger partial charge on any atom is -0.381 e. The van der Waals surface area contributed by atoms with E-state index in [4.69, 9.17) is 0 Å². The summed E-state index contributed by atoms with van der Waals surface area (Å²) in [5, 5.41) is 10.4. The van der Waals surface area contributed by atoms with Crippen LogP contribution in [0.15, 0.2) is 40.3 Å². The van der Waals surface area contributed by atoms with Gasteiger partial charge in [0.1, 0.15) is 5.82 Å². The van der Waals surface area contributed by atoms with Gasteiger partial charge in [0.05, 0.1) is 26.2 Å². The average molecular weight is 435 g/mol. The van der Waals surface area contributed by atoms with E-state index >= 15 is 0 Å². The van der Waals surface area contributed by atoms with Crippen molar-refractivity contribution in [2.75, 3.05) is 16.8 Å². The predicted octanol–water partition coefficient (Wildman–Crippen LogP) is 4.78. The third-order valence-corrected chi connectivity index (χ3v) is 5.97. The molecule has 0 spiro atoms. The number of anilines is 2. The second kappa shape index (κ2) is 7.20. The number of nitrogens with zero attached hydrogens (tertiary/aromatic N) is 2. The number of thiophene rings is 1. The van der Waals surface area contributed by atoms with E-state index in [-0.39, 0.29) is 11.7 Å². The van der Waals surface area contributed by atoms with Gasteiger partial charge in [-0.15, -0.1) is 11.3 Å². The molecule has 8 heteroatoms. The van der Waals surface area contributed by atoms with Crippen LogP contribution in [0.2, 0.25) is 0 Å². The van der Waals surface area contributed by atoms with Crippen LogP contribution in [-0.2, 0) is 11.3 Å². The van der Waals surface area contributed by atoms with Gasteiger partial charge in [0.25, 0.3) is 0 Å². The second-order valence-corrected chi connectivity index (χ2v) is 8.51. The smallest absolute Gasteiger partial charge is 0.227 e. The first kappa shape index (κ1) is 17.2. The molecule has 3 aromatic rings. The molecule has 1 fully saturated rings. The molecule has 1 aromatic carbocycles. The monoisotopic (exact) mass is 434 g/mol. The van der Waals surface area contributed by atoms with Gasteiger partial charge in [-0.3, -0.25) is 9.89 Å². The summed E-state index contributed by atoms with van der Waals surface area (Å²) in [6, 6.07) is 8.90. The average Bonchev–Trinajstić information content (AvgIpc) is 3.34. The molecule has 0 aliphatic carbocycles. The molecule has 1 amide bonds. The van der Waals surface area contributed by atoms with Gasteiger partial charge in [0, 0.05) is 30.8 Å². The van der Waals surface area contributed by atoms with Crippen LogP contribution in [0, 0.1) is 5.82 Å². The first-order chi connectivity index (χ1) is 12.6. The Hall–Kier alpha value is -2.19. The van der Waals surface area contributed by atoms with E-state index < -0.39 is 0 Å². The minimum atomic E-state index is -0.389. The van der Waals surface area contributed by atoms with Crippen LogP contribution < -0.4 is 10.2 Å². The molecule has 5 nitrogen and oxygen atoms in total. The van der Waals surface area contributed by atoms with Crippen molar-refractivity contribution in [2.24, 2.45) is 0 Å². The molecule has 26 heavy (non-hydrogen) atoms. The van der Waals surface area contributed by atoms with E-state index in [2.05, 4.69) is 31.4 Å². The standard InChI is InChI=1S/C18H16BrFN4OS/c19-16-6-5-15(26-16)18-11(10-22-23-18)9-21-12-3-4-14(13(20)8-12)24-7-1-2-17(24)25/h3-6,8,10,21H,1-2,7,9H2,(H,22,23). The lowest BCUT2D eigenvalue weighted by atomic mass is 10.2. The normalized spacial score (nSPS) is 14.2. The Morgan fingerprint density at radius 2 is 2.23 bits per heavy atom. The molecule has 4 rings (SSSR count). The van der Waals surface area contributed by atoms with Crippen molar-refractivity contribution in [3.8, 4) is 10.6 Å². The first-order valence-corrected chi connectivity index (χ1v) is 9.84. The van der Waals surface area contributed by atoms with Crippen molar-refractivity contribution in [1.82, 2.24) is 10.2 Å². The van der Waals surface area contributed by atoms with E-state index in [0.29, 0.717) is 30.9 Å². The molecule has 1 aliphatic rings. The molecule has 1 aliphatic heterocycles. The second-order valence-electron chi connectivity index (χ2n) is 6.04. The lowest BCUT2D eigenvalue weighted by Crippen LogP contribution is -2.24. The third-order valence-electron chi connectivity index (χ3n) is 4.33. The minimum absolute atomic E-state index is 0.0187. The molecule has 0 unspecified atom stereocenters. The lowest BCUT2D eigenvalue weighted by molar-refractivity contribution is -0.117. The zero-order valence-corrected chi connectivity index (χ0v) is 16.2.